The van der Waals surface area contributed by atoms with Crippen molar-refractivity contribution in [1.29, 1.82) is 0 Å². The van der Waals surface area contributed by atoms with Crippen LogP contribution in [0.5, 0.6) is 0 Å². The molecule has 0 atom stereocenters. The van der Waals surface area contributed by atoms with Crippen LogP contribution in [0.1, 0.15) is 16.1 Å². The molecule has 0 fully saturated rings. The second-order valence-electron chi connectivity index (χ2n) is 5.83. The van der Waals surface area contributed by atoms with E-state index in [0.717, 1.165) is 0 Å². The third kappa shape index (κ3) is 4.89. The van der Waals surface area contributed by atoms with Gasteiger partial charge in [-0.25, -0.2) is 18.4 Å². The van der Waals surface area contributed by atoms with Crippen LogP contribution < -0.4 is 10.5 Å². The number of rotatable bonds is 6. The number of furan rings is 1. The lowest BCUT2D eigenvalue weighted by Gasteiger charge is -2.06. The van der Waals surface area contributed by atoms with Crippen LogP contribution in [0.2, 0.25) is 5.02 Å². The number of carbonyl (C=O) groups is 2. The quantitative estimate of drug-likeness (QED) is 0.586. The van der Waals surface area contributed by atoms with Gasteiger partial charge in [0.2, 0.25) is 15.8 Å². The minimum atomic E-state index is -3.77. The number of nitrogens with one attached hydrogen (secondary N) is 1. The zero-order valence-corrected chi connectivity index (χ0v) is 15.9. The first-order chi connectivity index (χ1) is 13.2. The van der Waals surface area contributed by atoms with E-state index >= 15 is 0 Å². The lowest BCUT2D eigenvalue weighted by atomic mass is 10.2. The topological polar surface area (TPSA) is 129 Å². The average Bonchev–Trinajstić information content (AvgIpc) is 3.07. The highest BCUT2D eigenvalue weighted by molar-refractivity contribution is 7.89. The van der Waals surface area contributed by atoms with Crippen molar-refractivity contribution in [1.82, 2.24) is 5.32 Å². The summed E-state index contributed by atoms with van der Waals surface area (Å²) in [5.74, 6) is -1.34. The van der Waals surface area contributed by atoms with E-state index in [1.54, 1.807) is 18.2 Å². The van der Waals surface area contributed by atoms with Crippen LogP contribution in [-0.2, 0) is 26.1 Å². The van der Waals surface area contributed by atoms with Gasteiger partial charge in [-0.15, -0.1) is 0 Å². The van der Waals surface area contributed by atoms with Gasteiger partial charge in [-0.3, -0.25) is 4.79 Å². The summed E-state index contributed by atoms with van der Waals surface area (Å²) in [5.41, 5.74) is 1.13. The number of amides is 1. The van der Waals surface area contributed by atoms with Crippen molar-refractivity contribution in [3.05, 3.63) is 64.9 Å². The van der Waals surface area contributed by atoms with Crippen LogP contribution in [0.25, 0.3) is 11.0 Å². The summed E-state index contributed by atoms with van der Waals surface area (Å²) in [6.45, 7) is -0.365. The Bertz CT molecular complexity index is 1140. The van der Waals surface area contributed by atoms with E-state index in [1.165, 1.54) is 30.3 Å². The van der Waals surface area contributed by atoms with Gasteiger partial charge in [0.1, 0.15) is 5.58 Å². The maximum Gasteiger partial charge on any atom is 0.374 e. The average molecular weight is 423 g/mol. The minimum Gasteiger partial charge on any atom is -0.450 e. The molecule has 0 saturated carbocycles. The SMILES string of the molecule is NS(=O)(=O)c1ccc(CNC(=O)COC(=O)c2cc3cc(Cl)ccc3o2)cc1. The first-order valence-electron chi connectivity index (χ1n) is 7.97. The molecule has 1 heterocycles. The molecule has 0 bridgehead atoms. The molecule has 0 spiro atoms. The van der Waals surface area contributed by atoms with Gasteiger partial charge in [0.15, 0.2) is 6.61 Å². The zero-order chi connectivity index (χ0) is 20.3. The summed E-state index contributed by atoms with van der Waals surface area (Å²) in [4.78, 5) is 23.8. The molecule has 8 nitrogen and oxygen atoms in total. The third-order valence-electron chi connectivity index (χ3n) is 3.76. The monoisotopic (exact) mass is 422 g/mol. The minimum absolute atomic E-state index is 0.0244. The molecule has 3 rings (SSSR count). The van der Waals surface area contributed by atoms with Gasteiger partial charge >= 0.3 is 5.97 Å². The fourth-order valence-corrected chi connectivity index (χ4v) is 3.06. The first-order valence-corrected chi connectivity index (χ1v) is 9.89. The molecule has 3 aromatic rings. The maximum absolute atomic E-state index is 12.0. The van der Waals surface area contributed by atoms with E-state index in [4.69, 9.17) is 25.9 Å². The molecule has 0 radical (unpaired) electrons. The van der Waals surface area contributed by atoms with E-state index in [-0.39, 0.29) is 17.2 Å². The number of hydrogen-bond donors (Lipinski definition) is 2. The number of fused-ring (bicyclic) bond motifs is 1. The summed E-state index contributed by atoms with van der Waals surface area (Å²) in [7, 11) is -3.77. The number of halogens is 1. The predicted octanol–water partition coefficient (Wildman–Crippen LogP) is 2.21. The molecule has 2 aromatic carbocycles. The van der Waals surface area contributed by atoms with Gasteiger partial charge in [-0.2, -0.15) is 0 Å². The van der Waals surface area contributed by atoms with Gasteiger partial charge in [-0.05, 0) is 42.0 Å². The van der Waals surface area contributed by atoms with Crippen molar-refractivity contribution in [2.45, 2.75) is 11.4 Å². The van der Waals surface area contributed by atoms with Gasteiger partial charge < -0.3 is 14.5 Å². The molecule has 0 aliphatic heterocycles. The Kier molecular flexibility index (Phi) is 5.68. The van der Waals surface area contributed by atoms with Crippen molar-refractivity contribution < 1.29 is 27.2 Å². The Balaban J connectivity index is 1.51. The molecular formula is C18H15ClN2O6S. The number of primary sulfonamides is 1. The molecule has 1 amide bonds. The van der Waals surface area contributed by atoms with Crippen LogP contribution in [-0.4, -0.2) is 26.9 Å². The van der Waals surface area contributed by atoms with Crippen molar-refractivity contribution in [3.8, 4) is 0 Å². The van der Waals surface area contributed by atoms with Gasteiger partial charge in [0, 0.05) is 17.0 Å². The fourth-order valence-electron chi connectivity index (χ4n) is 2.37. The summed E-state index contributed by atoms with van der Waals surface area (Å²) < 4.78 is 32.7. The van der Waals surface area contributed by atoms with Crippen LogP contribution >= 0.6 is 11.6 Å². The van der Waals surface area contributed by atoms with Crippen molar-refractivity contribution in [3.63, 3.8) is 0 Å². The number of hydrogen-bond acceptors (Lipinski definition) is 6. The summed E-state index contributed by atoms with van der Waals surface area (Å²) in [5, 5.41) is 8.72. The largest absolute Gasteiger partial charge is 0.450 e. The lowest BCUT2D eigenvalue weighted by Crippen LogP contribution is -2.28. The number of esters is 1. The highest BCUT2D eigenvalue weighted by Gasteiger charge is 2.15. The van der Waals surface area contributed by atoms with Crippen LogP contribution in [0, 0.1) is 0 Å². The Morgan fingerprint density at radius 1 is 1.11 bits per heavy atom. The molecule has 0 aliphatic rings. The first kappa shape index (κ1) is 19.9. The van der Waals surface area contributed by atoms with Gasteiger partial charge in [0.05, 0.1) is 4.90 Å². The number of benzene rings is 2. The molecule has 0 aliphatic carbocycles. The van der Waals surface area contributed by atoms with Crippen molar-refractivity contribution in [2.75, 3.05) is 6.61 Å². The second-order valence-corrected chi connectivity index (χ2v) is 7.83. The molecule has 3 N–H and O–H groups in total. The van der Waals surface area contributed by atoms with E-state index < -0.39 is 28.5 Å². The third-order valence-corrected chi connectivity index (χ3v) is 4.92. The second kappa shape index (κ2) is 8.01. The molecule has 146 valence electrons. The number of nitrogens with two attached hydrogens (primary N) is 1. The molecule has 1 aromatic heterocycles. The lowest BCUT2D eigenvalue weighted by molar-refractivity contribution is -0.124. The highest BCUT2D eigenvalue weighted by Crippen LogP contribution is 2.23. The highest BCUT2D eigenvalue weighted by atomic mass is 35.5. The fraction of sp³-hybridized carbons (Fsp3) is 0.111. The van der Waals surface area contributed by atoms with E-state index in [9.17, 15) is 18.0 Å². The molecule has 0 unspecified atom stereocenters. The summed E-state index contributed by atoms with van der Waals surface area (Å²) in [6, 6.07) is 12.1. The number of ether oxygens (including phenoxy) is 1. The number of carbonyl (C=O) groups excluding carboxylic acids is 2. The van der Waals surface area contributed by atoms with Crippen LogP contribution in [0.3, 0.4) is 0 Å². The smallest absolute Gasteiger partial charge is 0.374 e. The van der Waals surface area contributed by atoms with E-state index in [0.29, 0.717) is 21.6 Å². The van der Waals surface area contributed by atoms with E-state index in [1.807, 2.05) is 0 Å². The zero-order valence-electron chi connectivity index (χ0n) is 14.3. The standard InChI is InChI=1S/C18H15ClN2O6S/c19-13-3-6-15-12(7-13)8-16(27-15)18(23)26-10-17(22)21-9-11-1-4-14(5-2-11)28(20,24)25/h1-8H,9-10H2,(H,21,22)(H2,20,24,25). The van der Waals surface area contributed by atoms with Crippen molar-refractivity contribution >= 4 is 44.5 Å². The Morgan fingerprint density at radius 2 is 1.82 bits per heavy atom. The predicted molar refractivity (Wildman–Crippen MR) is 101 cm³/mol. The molecule has 10 heteroatoms. The summed E-state index contributed by atoms with van der Waals surface area (Å²) in [6.07, 6.45) is 0. The van der Waals surface area contributed by atoms with Crippen LogP contribution in [0.4, 0.5) is 0 Å². The molecule has 0 saturated heterocycles. The Morgan fingerprint density at radius 3 is 2.50 bits per heavy atom. The Hall–Kier alpha value is -2.88. The molecular weight excluding hydrogens is 408 g/mol. The number of sulfonamides is 1. The maximum atomic E-state index is 12.0. The van der Waals surface area contributed by atoms with E-state index in [2.05, 4.69) is 5.32 Å². The Labute approximate surface area is 165 Å². The normalized spacial score (nSPS) is 11.4. The molecule has 28 heavy (non-hydrogen) atoms. The summed E-state index contributed by atoms with van der Waals surface area (Å²) >= 11 is 5.88. The van der Waals surface area contributed by atoms with Gasteiger partial charge in [-0.1, -0.05) is 23.7 Å². The van der Waals surface area contributed by atoms with Crippen molar-refractivity contribution in [2.24, 2.45) is 5.14 Å². The van der Waals surface area contributed by atoms with Crippen LogP contribution in [0.15, 0.2) is 57.8 Å². The van der Waals surface area contributed by atoms with Gasteiger partial charge in [0.25, 0.3) is 5.91 Å².